The van der Waals surface area contributed by atoms with Crippen LogP contribution in [0.3, 0.4) is 0 Å². The van der Waals surface area contributed by atoms with E-state index in [1.54, 1.807) is 30.5 Å². The third kappa shape index (κ3) is 3.77. The number of aromatic nitrogens is 1. The van der Waals surface area contributed by atoms with Gasteiger partial charge in [0, 0.05) is 30.1 Å². The second-order valence-electron chi connectivity index (χ2n) is 7.15. The molecule has 1 N–H and O–H groups in total. The molecule has 0 spiro atoms. The second-order valence-corrected chi connectivity index (χ2v) is 7.56. The molecule has 0 unspecified atom stereocenters. The lowest BCUT2D eigenvalue weighted by Gasteiger charge is -2.24. The van der Waals surface area contributed by atoms with E-state index in [2.05, 4.69) is 0 Å². The minimum absolute atomic E-state index is 0.0482. The Labute approximate surface area is 168 Å². The zero-order valence-corrected chi connectivity index (χ0v) is 16.8. The molecular weight excluding hydrogens is 381 g/mol. The first-order chi connectivity index (χ1) is 13.4. The normalized spacial score (nSPS) is 12.5. The lowest BCUT2D eigenvalue weighted by molar-refractivity contribution is 0.196. The van der Waals surface area contributed by atoms with E-state index in [0.717, 1.165) is 0 Å². The monoisotopic (exact) mass is 403 g/mol. The van der Waals surface area contributed by atoms with Gasteiger partial charge in [-0.3, -0.25) is 4.79 Å². The van der Waals surface area contributed by atoms with Crippen molar-refractivity contribution in [3.05, 3.63) is 74.8 Å². The van der Waals surface area contributed by atoms with Crippen molar-refractivity contribution in [3.63, 3.8) is 0 Å². The number of methoxy groups -OCH3 is 1. The van der Waals surface area contributed by atoms with Crippen LogP contribution in [-0.2, 0) is 6.42 Å². The number of rotatable bonds is 6. The van der Waals surface area contributed by atoms with Crippen LogP contribution in [0.5, 0.6) is 5.75 Å². The highest BCUT2D eigenvalue weighted by Gasteiger charge is 2.19. The Morgan fingerprint density at radius 2 is 1.96 bits per heavy atom. The van der Waals surface area contributed by atoms with E-state index >= 15 is 0 Å². The molecule has 6 heteroatoms. The van der Waals surface area contributed by atoms with Gasteiger partial charge in [0.15, 0.2) is 5.43 Å². The van der Waals surface area contributed by atoms with Crippen molar-refractivity contribution >= 4 is 22.5 Å². The molecule has 0 amide bonds. The molecule has 0 aliphatic heterocycles. The summed E-state index contributed by atoms with van der Waals surface area (Å²) in [6.45, 7) is 3.98. The number of halogens is 2. The fraction of sp³-hybridized carbons (Fsp3) is 0.318. The van der Waals surface area contributed by atoms with Crippen molar-refractivity contribution < 1.29 is 14.2 Å². The molecule has 1 heterocycles. The molecule has 28 heavy (non-hydrogen) atoms. The van der Waals surface area contributed by atoms with Crippen molar-refractivity contribution in [2.24, 2.45) is 5.92 Å². The number of benzene rings is 2. The van der Waals surface area contributed by atoms with Crippen molar-refractivity contribution in [3.8, 4) is 5.75 Å². The first kappa shape index (κ1) is 20.4. The Morgan fingerprint density at radius 3 is 2.61 bits per heavy atom. The van der Waals surface area contributed by atoms with Crippen LogP contribution in [0.4, 0.5) is 4.39 Å². The summed E-state index contributed by atoms with van der Waals surface area (Å²) in [6.07, 6.45) is 1.94. The highest BCUT2D eigenvalue weighted by Crippen LogP contribution is 2.30. The molecule has 0 saturated heterocycles. The van der Waals surface area contributed by atoms with Crippen LogP contribution in [0.1, 0.15) is 31.0 Å². The maximum Gasteiger partial charge on any atom is 0.189 e. The van der Waals surface area contributed by atoms with Gasteiger partial charge in [0.25, 0.3) is 0 Å². The number of aliphatic hydroxyl groups is 1. The lowest BCUT2D eigenvalue weighted by Crippen LogP contribution is -2.21. The SMILES string of the molecule is COc1cc2c(cc1Cc1cccc(Cl)c1F)c(=O)ccn2[C@H](CO)C(C)C. The van der Waals surface area contributed by atoms with Crippen molar-refractivity contribution in [2.75, 3.05) is 13.7 Å². The summed E-state index contributed by atoms with van der Waals surface area (Å²) in [5.41, 5.74) is 1.66. The summed E-state index contributed by atoms with van der Waals surface area (Å²) in [4.78, 5) is 12.5. The van der Waals surface area contributed by atoms with Crippen LogP contribution in [0, 0.1) is 11.7 Å². The molecule has 0 aliphatic carbocycles. The zero-order chi connectivity index (χ0) is 20.4. The predicted octanol–water partition coefficient (Wildman–Crippen LogP) is 4.58. The summed E-state index contributed by atoms with van der Waals surface area (Å²) >= 11 is 5.89. The van der Waals surface area contributed by atoms with Gasteiger partial charge in [-0.05, 0) is 29.2 Å². The first-order valence-corrected chi connectivity index (χ1v) is 9.50. The van der Waals surface area contributed by atoms with Gasteiger partial charge in [0.05, 0.1) is 30.3 Å². The van der Waals surface area contributed by atoms with Gasteiger partial charge in [-0.15, -0.1) is 0 Å². The largest absolute Gasteiger partial charge is 0.496 e. The molecular formula is C22H23ClFNO3. The maximum absolute atomic E-state index is 14.4. The van der Waals surface area contributed by atoms with E-state index in [0.29, 0.717) is 27.8 Å². The molecule has 0 saturated carbocycles. The third-order valence-corrected chi connectivity index (χ3v) is 5.35. The number of hydrogen-bond donors (Lipinski definition) is 1. The van der Waals surface area contributed by atoms with E-state index in [9.17, 15) is 14.3 Å². The number of pyridine rings is 1. The molecule has 0 aliphatic rings. The van der Waals surface area contributed by atoms with Crippen LogP contribution in [0.2, 0.25) is 5.02 Å². The Morgan fingerprint density at radius 1 is 1.21 bits per heavy atom. The molecule has 1 atom stereocenters. The molecule has 3 aromatic rings. The van der Waals surface area contributed by atoms with Crippen LogP contribution in [0.15, 0.2) is 47.4 Å². The standard InChI is InChI=1S/C22H23ClFNO3/c1-13(2)19(12-26)25-8-7-20(27)16-10-15(21(28-3)11-18(16)25)9-14-5-4-6-17(23)22(14)24/h4-8,10-11,13,19,26H,9,12H2,1-3H3/t19-/m1/s1. The number of ether oxygens (including phenoxy) is 1. The Bertz CT molecular complexity index is 1060. The topological polar surface area (TPSA) is 51.5 Å². The first-order valence-electron chi connectivity index (χ1n) is 9.12. The van der Waals surface area contributed by atoms with Gasteiger partial charge < -0.3 is 14.4 Å². The number of aliphatic hydroxyl groups excluding tert-OH is 1. The highest BCUT2D eigenvalue weighted by molar-refractivity contribution is 6.30. The minimum Gasteiger partial charge on any atom is -0.496 e. The fourth-order valence-electron chi connectivity index (χ4n) is 3.47. The van der Waals surface area contributed by atoms with E-state index in [1.807, 2.05) is 18.4 Å². The van der Waals surface area contributed by atoms with Gasteiger partial charge in [-0.2, -0.15) is 0 Å². The molecule has 0 bridgehead atoms. The minimum atomic E-state index is -0.475. The van der Waals surface area contributed by atoms with Crippen LogP contribution in [-0.4, -0.2) is 23.4 Å². The second kappa shape index (κ2) is 8.33. The van der Waals surface area contributed by atoms with Gasteiger partial charge in [0.1, 0.15) is 11.6 Å². The lowest BCUT2D eigenvalue weighted by atomic mass is 9.99. The van der Waals surface area contributed by atoms with Crippen LogP contribution < -0.4 is 10.2 Å². The smallest absolute Gasteiger partial charge is 0.189 e. The average molecular weight is 404 g/mol. The van der Waals surface area contributed by atoms with E-state index in [-0.39, 0.29) is 35.4 Å². The van der Waals surface area contributed by atoms with Crippen molar-refractivity contribution in [1.82, 2.24) is 4.57 Å². The molecule has 3 rings (SSSR count). The van der Waals surface area contributed by atoms with Crippen molar-refractivity contribution in [2.45, 2.75) is 26.3 Å². The molecule has 4 nitrogen and oxygen atoms in total. The molecule has 148 valence electrons. The summed E-state index contributed by atoms with van der Waals surface area (Å²) in [6, 6.07) is 9.68. The predicted molar refractivity (Wildman–Crippen MR) is 110 cm³/mol. The Hall–Kier alpha value is -2.37. The van der Waals surface area contributed by atoms with E-state index < -0.39 is 5.82 Å². The number of hydrogen-bond acceptors (Lipinski definition) is 3. The third-order valence-electron chi connectivity index (χ3n) is 5.06. The van der Waals surface area contributed by atoms with E-state index in [4.69, 9.17) is 16.3 Å². The maximum atomic E-state index is 14.4. The zero-order valence-electron chi connectivity index (χ0n) is 16.1. The number of nitrogens with zero attached hydrogens (tertiary/aromatic N) is 1. The van der Waals surface area contributed by atoms with Gasteiger partial charge in [0.2, 0.25) is 0 Å². The Kier molecular flexibility index (Phi) is 6.06. The summed E-state index contributed by atoms with van der Waals surface area (Å²) in [5.74, 6) is 0.241. The summed E-state index contributed by atoms with van der Waals surface area (Å²) < 4.78 is 21.8. The van der Waals surface area contributed by atoms with Gasteiger partial charge in [-0.25, -0.2) is 4.39 Å². The van der Waals surface area contributed by atoms with Crippen molar-refractivity contribution in [1.29, 1.82) is 0 Å². The average Bonchev–Trinajstić information content (AvgIpc) is 2.67. The fourth-order valence-corrected chi connectivity index (χ4v) is 3.66. The quantitative estimate of drug-likeness (QED) is 0.655. The molecule has 0 radical (unpaired) electrons. The summed E-state index contributed by atoms with van der Waals surface area (Å²) in [5, 5.41) is 10.4. The number of fused-ring (bicyclic) bond motifs is 1. The van der Waals surface area contributed by atoms with E-state index in [1.165, 1.54) is 19.2 Å². The molecule has 0 fully saturated rings. The Balaban J connectivity index is 2.20. The van der Waals surface area contributed by atoms with Crippen LogP contribution >= 0.6 is 11.6 Å². The highest BCUT2D eigenvalue weighted by atomic mass is 35.5. The molecule has 1 aromatic heterocycles. The van der Waals surface area contributed by atoms with Gasteiger partial charge >= 0.3 is 0 Å². The van der Waals surface area contributed by atoms with Crippen LogP contribution in [0.25, 0.3) is 10.9 Å². The van der Waals surface area contributed by atoms with Gasteiger partial charge in [-0.1, -0.05) is 37.6 Å². The molecule has 2 aromatic carbocycles. The summed E-state index contributed by atoms with van der Waals surface area (Å²) in [7, 11) is 1.54.